The molecule has 0 bridgehead atoms. The maximum atomic E-state index is 12.7. The Balaban J connectivity index is 0.00000196. The van der Waals surface area contributed by atoms with Crippen LogP contribution < -0.4 is 10.9 Å². The molecular weight excluding hydrogens is 350 g/mol. The molecule has 0 saturated heterocycles. The highest BCUT2D eigenvalue weighted by Gasteiger charge is 2.25. The molecule has 0 aliphatic carbocycles. The summed E-state index contributed by atoms with van der Waals surface area (Å²) < 4.78 is 1.39. The van der Waals surface area contributed by atoms with Crippen molar-refractivity contribution in [1.29, 1.82) is 0 Å². The van der Waals surface area contributed by atoms with Gasteiger partial charge in [-0.1, -0.05) is 42.5 Å². The number of fused-ring (bicyclic) bond motifs is 2. The molecule has 0 fully saturated rings. The average Bonchev–Trinajstić information content (AvgIpc) is 2.65. The zero-order valence-electron chi connectivity index (χ0n) is 14.6. The zero-order chi connectivity index (χ0) is 17.4. The second-order valence-electron chi connectivity index (χ2n) is 6.65. The molecule has 4 rings (SSSR count). The first-order chi connectivity index (χ1) is 12.1. The topological polar surface area (TPSA) is 67.2 Å². The third-order valence-electron chi connectivity index (χ3n) is 4.99. The van der Waals surface area contributed by atoms with Crippen LogP contribution in [0.2, 0.25) is 0 Å². The Bertz CT molecular complexity index is 986. The van der Waals surface area contributed by atoms with E-state index in [2.05, 4.69) is 22.5 Å². The van der Waals surface area contributed by atoms with Crippen molar-refractivity contribution in [3.63, 3.8) is 0 Å². The summed E-state index contributed by atoms with van der Waals surface area (Å²) >= 11 is 0. The second kappa shape index (κ2) is 7.58. The highest BCUT2D eigenvalue weighted by molar-refractivity contribution is 5.85. The number of hydrogen-bond donors (Lipinski definition) is 2. The molecule has 2 atom stereocenters. The van der Waals surface area contributed by atoms with E-state index >= 15 is 0 Å². The molecule has 2 heterocycles. The van der Waals surface area contributed by atoms with E-state index in [1.54, 1.807) is 0 Å². The lowest BCUT2D eigenvalue weighted by molar-refractivity contribution is 0.0997. The van der Waals surface area contributed by atoms with E-state index < -0.39 is 6.10 Å². The molecule has 1 aliphatic rings. The Kier molecular flexibility index (Phi) is 5.41. The van der Waals surface area contributed by atoms with E-state index in [1.165, 1.54) is 15.8 Å². The molecule has 3 aromatic rings. The van der Waals surface area contributed by atoms with Crippen molar-refractivity contribution in [3.8, 4) is 0 Å². The van der Waals surface area contributed by atoms with Gasteiger partial charge in [-0.25, -0.2) is 4.68 Å². The van der Waals surface area contributed by atoms with Crippen LogP contribution in [0.25, 0.3) is 10.8 Å². The van der Waals surface area contributed by atoms with Gasteiger partial charge in [-0.3, -0.25) is 4.79 Å². The summed E-state index contributed by atoms with van der Waals surface area (Å²) in [6, 6.07) is 15.6. The molecule has 26 heavy (non-hydrogen) atoms. The maximum absolute atomic E-state index is 12.7. The minimum atomic E-state index is -0.681. The monoisotopic (exact) mass is 371 g/mol. The third kappa shape index (κ3) is 3.38. The molecule has 1 aliphatic heterocycles. The van der Waals surface area contributed by atoms with Gasteiger partial charge in [0.1, 0.15) is 0 Å². The number of halogens is 1. The SMILES string of the molecule is Cc1nn(C[C@@H](O)[C@@H]2Cc3ccccc3CN2)c(=O)c2ccccc12.Cl. The quantitative estimate of drug-likeness (QED) is 0.740. The smallest absolute Gasteiger partial charge is 0.274 e. The lowest BCUT2D eigenvalue weighted by atomic mass is 9.93. The Morgan fingerprint density at radius 3 is 2.58 bits per heavy atom. The van der Waals surface area contributed by atoms with Gasteiger partial charge < -0.3 is 10.4 Å². The fraction of sp³-hybridized carbons (Fsp3) is 0.300. The molecule has 2 N–H and O–H groups in total. The summed E-state index contributed by atoms with van der Waals surface area (Å²) in [7, 11) is 0. The summed E-state index contributed by atoms with van der Waals surface area (Å²) in [5.74, 6) is 0. The Labute approximate surface area is 158 Å². The minimum Gasteiger partial charge on any atom is -0.390 e. The largest absolute Gasteiger partial charge is 0.390 e. The van der Waals surface area contributed by atoms with E-state index in [4.69, 9.17) is 0 Å². The van der Waals surface area contributed by atoms with Gasteiger partial charge in [0.05, 0.1) is 23.7 Å². The van der Waals surface area contributed by atoms with Crippen molar-refractivity contribution in [2.24, 2.45) is 0 Å². The van der Waals surface area contributed by atoms with E-state index in [0.717, 1.165) is 24.0 Å². The van der Waals surface area contributed by atoms with Gasteiger partial charge in [-0.05, 0) is 30.5 Å². The fourth-order valence-electron chi connectivity index (χ4n) is 3.58. The first-order valence-electron chi connectivity index (χ1n) is 8.58. The summed E-state index contributed by atoms with van der Waals surface area (Å²) in [6.07, 6.45) is 0.0673. The predicted molar refractivity (Wildman–Crippen MR) is 105 cm³/mol. The van der Waals surface area contributed by atoms with E-state index in [0.29, 0.717) is 5.39 Å². The number of aromatic nitrogens is 2. The lowest BCUT2D eigenvalue weighted by Gasteiger charge is -2.30. The molecule has 5 nitrogen and oxygen atoms in total. The molecule has 1 aromatic heterocycles. The van der Waals surface area contributed by atoms with Crippen LogP contribution in [0.4, 0.5) is 0 Å². The molecule has 0 saturated carbocycles. The first-order valence-corrected chi connectivity index (χ1v) is 8.58. The predicted octanol–water partition coefficient (Wildman–Crippen LogP) is 2.20. The van der Waals surface area contributed by atoms with Crippen LogP contribution in [0, 0.1) is 6.92 Å². The van der Waals surface area contributed by atoms with Crippen LogP contribution in [0.5, 0.6) is 0 Å². The fourth-order valence-corrected chi connectivity index (χ4v) is 3.58. The molecule has 136 valence electrons. The third-order valence-corrected chi connectivity index (χ3v) is 4.99. The van der Waals surface area contributed by atoms with Gasteiger partial charge in [0.25, 0.3) is 5.56 Å². The van der Waals surface area contributed by atoms with Crippen molar-refractivity contribution < 1.29 is 5.11 Å². The maximum Gasteiger partial charge on any atom is 0.274 e. The molecule has 0 amide bonds. The highest BCUT2D eigenvalue weighted by Crippen LogP contribution is 2.18. The van der Waals surface area contributed by atoms with Crippen molar-refractivity contribution in [1.82, 2.24) is 15.1 Å². The Morgan fingerprint density at radius 1 is 1.15 bits per heavy atom. The van der Waals surface area contributed by atoms with Gasteiger partial charge in [0.2, 0.25) is 0 Å². The van der Waals surface area contributed by atoms with Gasteiger partial charge in [-0.15, -0.1) is 12.4 Å². The molecule has 0 spiro atoms. The number of rotatable bonds is 3. The number of hydrogen-bond acceptors (Lipinski definition) is 4. The van der Waals surface area contributed by atoms with E-state index in [9.17, 15) is 9.90 Å². The van der Waals surface area contributed by atoms with Crippen molar-refractivity contribution >= 4 is 23.2 Å². The number of aliphatic hydroxyl groups excluding tert-OH is 1. The summed E-state index contributed by atoms with van der Waals surface area (Å²) in [5.41, 5.74) is 3.16. The van der Waals surface area contributed by atoms with Crippen LogP contribution in [0.15, 0.2) is 53.3 Å². The van der Waals surface area contributed by atoms with Gasteiger partial charge in [0, 0.05) is 18.0 Å². The number of aryl methyl sites for hydroxylation is 1. The Morgan fingerprint density at radius 2 is 1.81 bits per heavy atom. The van der Waals surface area contributed by atoms with Gasteiger partial charge in [-0.2, -0.15) is 5.10 Å². The van der Waals surface area contributed by atoms with E-state index in [1.807, 2.05) is 43.3 Å². The Hall–Kier alpha value is -2.21. The van der Waals surface area contributed by atoms with Crippen LogP contribution in [-0.2, 0) is 19.5 Å². The number of aliphatic hydroxyl groups is 1. The van der Waals surface area contributed by atoms with Crippen molar-refractivity contribution in [2.45, 2.75) is 38.6 Å². The van der Waals surface area contributed by atoms with Crippen LogP contribution in [-0.4, -0.2) is 27.0 Å². The van der Waals surface area contributed by atoms with Crippen LogP contribution in [0.3, 0.4) is 0 Å². The number of benzene rings is 2. The summed E-state index contributed by atoms with van der Waals surface area (Å²) in [5, 5.41) is 20.0. The second-order valence-corrected chi connectivity index (χ2v) is 6.65. The summed E-state index contributed by atoms with van der Waals surface area (Å²) in [6.45, 7) is 2.81. The molecule has 0 radical (unpaired) electrons. The van der Waals surface area contributed by atoms with Gasteiger partial charge >= 0.3 is 0 Å². The minimum absolute atomic E-state index is 0. The van der Waals surface area contributed by atoms with Crippen molar-refractivity contribution in [2.75, 3.05) is 0 Å². The van der Waals surface area contributed by atoms with E-state index in [-0.39, 0.29) is 30.6 Å². The first kappa shape index (κ1) is 18.6. The van der Waals surface area contributed by atoms with Crippen molar-refractivity contribution in [3.05, 3.63) is 75.7 Å². The standard InChI is InChI=1S/C20H21N3O2.ClH/c1-13-16-8-4-5-9-17(16)20(25)23(22-13)12-19(24)18-10-14-6-2-3-7-15(14)11-21-18;/h2-9,18-19,21,24H,10-12H2,1H3;1H/t18-,19+;/m0./s1. The zero-order valence-corrected chi connectivity index (χ0v) is 15.4. The molecule has 2 aromatic carbocycles. The van der Waals surface area contributed by atoms with Gasteiger partial charge in [0.15, 0.2) is 0 Å². The normalized spacial score (nSPS) is 17.4. The molecular formula is C20H22ClN3O2. The number of nitrogens with zero attached hydrogens (tertiary/aromatic N) is 2. The lowest BCUT2D eigenvalue weighted by Crippen LogP contribution is -2.47. The molecule has 6 heteroatoms. The van der Waals surface area contributed by atoms with Crippen LogP contribution in [0.1, 0.15) is 16.8 Å². The van der Waals surface area contributed by atoms with Crippen LogP contribution >= 0.6 is 12.4 Å². The average molecular weight is 372 g/mol. The molecule has 0 unspecified atom stereocenters. The number of nitrogens with one attached hydrogen (secondary N) is 1. The summed E-state index contributed by atoms with van der Waals surface area (Å²) in [4.78, 5) is 12.7. The highest BCUT2D eigenvalue weighted by atomic mass is 35.5.